The Bertz CT molecular complexity index is 497. The quantitative estimate of drug-likeness (QED) is 0.844. The van der Waals surface area contributed by atoms with Gasteiger partial charge in [-0.2, -0.15) is 0 Å². The maximum Gasteiger partial charge on any atom is 0.223 e. The molecule has 0 spiro atoms. The van der Waals surface area contributed by atoms with E-state index >= 15 is 0 Å². The van der Waals surface area contributed by atoms with Crippen molar-refractivity contribution in [1.82, 2.24) is 10.3 Å². The molecule has 3 N–H and O–H groups in total. The van der Waals surface area contributed by atoms with Crippen molar-refractivity contribution in [1.29, 1.82) is 0 Å². The third-order valence-electron chi connectivity index (χ3n) is 5.13. The SMILES string of the molecule is Cc1nc(CCNC(=O)C2CC3CCCC(C2)C3N)cs1.Cl.Cl. The number of carbonyl (C=O) groups is 1. The molecule has 1 amide bonds. The van der Waals surface area contributed by atoms with Crippen LogP contribution in [0.4, 0.5) is 0 Å². The molecule has 0 radical (unpaired) electrons. The van der Waals surface area contributed by atoms with Crippen molar-refractivity contribution in [2.24, 2.45) is 23.5 Å². The molecule has 1 heterocycles. The maximum atomic E-state index is 12.4. The van der Waals surface area contributed by atoms with E-state index in [1.54, 1.807) is 11.3 Å². The lowest BCUT2D eigenvalue weighted by atomic mass is 9.65. The normalized spacial score (nSPS) is 29.1. The molecule has 1 aromatic heterocycles. The Kier molecular flexibility index (Phi) is 8.28. The number of carbonyl (C=O) groups excluding carboxylic acids is 1. The summed E-state index contributed by atoms with van der Waals surface area (Å²) < 4.78 is 0. The van der Waals surface area contributed by atoms with E-state index in [4.69, 9.17) is 5.73 Å². The number of hydrogen-bond acceptors (Lipinski definition) is 4. The third-order valence-corrected chi connectivity index (χ3v) is 5.95. The van der Waals surface area contributed by atoms with Gasteiger partial charge in [0.15, 0.2) is 0 Å². The number of fused-ring (bicyclic) bond motifs is 2. The number of aryl methyl sites for hydroxylation is 1. The van der Waals surface area contributed by atoms with E-state index in [2.05, 4.69) is 15.7 Å². The standard InChI is InChI=1S/C16H25N3OS.2ClH/c1-10-19-14(9-21-10)5-6-18-16(20)13-7-11-3-2-4-12(8-13)15(11)17;;/h9,11-13,15H,2-8,17H2,1H3,(H,18,20);2*1H. The smallest absolute Gasteiger partial charge is 0.223 e. The van der Waals surface area contributed by atoms with Crippen molar-refractivity contribution in [2.45, 2.75) is 51.5 Å². The van der Waals surface area contributed by atoms with Gasteiger partial charge in [0, 0.05) is 30.3 Å². The average molecular weight is 380 g/mol. The van der Waals surface area contributed by atoms with Crippen molar-refractivity contribution >= 4 is 42.1 Å². The highest BCUT2D eigenvalue weighted by molar-refractivity contribution is 7.09. The molecule has 1 aromatic rings. The lowest BCUT2D eigenvalue weighted by Crippen LogP contribution is -2.49. The minimum atomic E-state index is 0. The van der Waals surface area contributed by atoms with Gasteiger partial charge in [-0.05, 0) is 44.4 Å². The lowest BCUT2D eigenvalue weighted by Gasteiger charge is -2.43. The van der Waals surface area contributed by atoms with E-state index < -0.39 is 0 Å². The fourth-order valence-electron chi connectivity index (χ4n) is 3.98. The molecule has 3 rings (SSSR count). The Morgan fingerprint density at radius 1 is 1.35 bits per heavy atom. The molecule has 2 fully saturated rings. The van der Waals surface area contributed by atoms with E-state index in [9.17, 15) is 4.79 Å². The average Bonchev–Trinajstić information content (AvgIpc) is 2.84. The summed E-state index contributed by atoms with van der Waals surface area (Å²) in [6, 6.07) is 0.334. The predicted molar refractivity (Wildman–Crippen MR) is 99.6 cm³/mol. The molecule has 2 unspecified atom stereocenters. The third kappa shape index (κ3) is 5.05. The van der Waals surface area contributed by atoms with Crippen LogP contribution < -0.4 is 11.1 Å². The number of halogens is 2. The Hall–Kier alpha value is -0.360. The number of aromatic nitrogens is 1. The van der Waals surface area contributed by atoms with Gasteiger partial charge in [-0.3, -0.25) is 4.79 Å². The second-order valence-electron chi connectivity index (χ2n) is 6.60. The summed E-state index contributed by atoms with van der Waals surface area (Å²) in [5, 5.41) is 6.26. The number of rotatable bonds is 4. The van der Waals surface area contributed by atoms with Crippen molar-refractivity contribution in [3.63, 3.8) is 0 Å². The fraction of sp³-hybridized carbons (Fsp3) is 0.750. The first-order valence-electron chi connectivity index (χ1n) is 8.08. The van der Waals surface area contributed by atoms with Crippen molar-refractivity contribution in [3.8, 4) is 0 Å². The van der Waals surface area contributed by atoms with Crippen LogP contribution in [0.5, 0.6) is 0 Å². The minimum absolute atomic E-state index is 0. The number of nitrogens with zero attached hydrogens (tertiary/aromatic N) is 1. The number of thiazole rings is 1. The fourth-order valence-corrected chi connectivity index (χ4v) is 4.63. The van der Waals surface area contributed by atoms with Gasteiger partial charge in [-0.25, -0.2) is 4.98 Å². The first kappa shape index (κ1) is 20.7. The zero-order chi connectivity index (χ0) is 14.8. The van der Waals surface area contributed by atoms with E-state index in [1.165, 1.54) is 19.3 Å². The molecule has 0 aromatic carbocycles. The van der Waals surface area contributed by atoms with Crippen molar-refractivity contribution in [2.75, 3.05) is 6.54 Å². The summed E-state index contributed by atoms with van der Waals surface area (Å²) in [4.78, 5) is 16.8. The van der Waals surface area contributed by atoms with Crippen molar-refractivity contribution < 1.29 is 4.79 Å². The van der Waals surface area contributed by atoms with Crippen LogP contribution in [-0.2, 0) is 11.2 Å². The van der Waals surface area contributed by atoms with Crippen LogP contribution in [0.1, 0.15) is 42.8 Å². The molecule has 7 heteroatoms. The van der Waals surface area contributed by atoms with Gasteiger partial charge in [0.05, 0.1) is 10.7 Å². The van der Waals surface area contributed by atoms with Crippen LogP contribution in [-0.4, -0.2) is 23.5 Å². The molecule has 4 nitrogen and oxygen atoms in total. The molecular weight excluding hydrogens is 353 g/mol. The summed E-state index contributed by atoms with van der Waals surface area (Å²) in [5.41, 5.74) is 7.37. The number of nitrogens with two attached hydrogens (primary N) is 1. The minimum Gasteiger partial charge on any atom is -0.355 e. The van der Waals surface area contributed by atoms with Crippen LogP contribution >= 0.6 is 36.2 Å². The highest BCUT2D eigenvalue weighted by Gasteiger charge is 2.40. The molecule has 23 heavy (non-hydrogen) atoms. The number of amides is 1. The highest BCUT2D eigenvalue weighted by atomic mass is 35.5. The van der Waals surface area contributed by atoms with Gasteiger partial charge in [0.25, 0.3) is 0 Å². The molecule has 132 valence electrons. The summed E-state index contributed by atoms with van der Waals surface area (Å²) in [6.07, 6.45) is 6.51. The van der Waals surface area contributed by atoms with E-state index in [1.807, 2.05) is 6.92 Å². The topological polar surface area (TPSA) is 68.0 Å². The van der Waals surface area contributed by atoms with Crippen LogP contribution in [0.25, 0.3) is 0 Å². The second kappa shape index (κ2) is 9.21. The van der Waals surface area contributed by atoms with Crippen LogP contribution in [0.15, 0.2) is 5.38 Å². The number of nitrogens with one attached hydrogen (secondary N) is 1. The van der Waals surface area contributed by atoms with Crippen molar-refractivity contribution in [3.05, 3.63) is 16.1 Å². The van der Waals surface area contributed by atoms with Crippen LogP contribution in [0, 0.1) is 24.7 Å². The van der Waals surface area contributed by atoms with Crippen LogP contribution in [0.3, 0.4) is 0 Å². The highest BCUT2D eigenvalue weighted by Crippen LogP contribution is 2.41. The van der Waals surface area contributed by atoms with E-state index in [-0.39, 0.29) is 36.6 Å². The molecule has 0 aliphatic heterocycles. The Morgan fingerprint density at radius 2 is 2.00 bits per heavy atom. The van der Waals surface area contributed by atoms with Gasteiger partial charge in [0.1, 0.15) is 0 Å². The van der Waals surface area contributed by atoms with E-state index in [0.717, 1.165) is 30.0 Å². The summed E-state index contributed by atoms with van der Waals surface area (Å²) in [6.45, 7) is 2.71. The zero-order valence-electron chi connectivity index (χ0n) is 13.5. The van der Waals surface area contributed by atoms with E-state index in [0.29, 0.717) is 24.4 Å². The lowest BCUT2D eigenvalue weighted by molar-refractivity contribution is -0.127. The maximum absolute atomic E-state index is 12.4. The predicted octanol–water partition coefficient (Wildman–Crippen LogP) is 3.11. The van der Waals surface area contributed by atoms with Gasteiger partial charge >= 0.3 is 0 Å². The largest absolute Gasteiger partial charge is 0.355 e. The summed E-state index contributed by atoms with van der Waals surface area (Å²) in [5.74, 6) is 1.53. The number of hydrogen-bond donors (Lipinski definition) is 2. The Balaban J connectivity index is 0.00000132. The second-order valence-corrected chi connectivity index (χ2v) is 7.66. The molecule has 2 bridgehead atoms. The molecule has 2 atom stereocenters. The van der Waals surface area contributed by atoms with Gasteiger partial charge in [-0.1, -0.05) is 6.42 Å². The molecular formula is C16H27Cl2N3OS. The van der Waals surface area contributed by atoms with Crippen LogP contribution in [0.2, 0.25) is 0 Å². The Morgan fingerprint density at radius 3 is 2.57 bits per heavy atom. The molecule has 2 aliphatic carbocycles. The van der Waals surface area contributed by atoms with Gasteiger partial charge < -0.3 is 11.1 Å². The Labute approximate surface area is 154 Å². The zero-order valence-corrected chi connectivity index (χ0v) is 15.9. The van der Waals surface area contributed by atoms with Gasteiger partial charge in [-0.15, -0.1) is 36.2 Å². The summed E-state index contributed by atoms with van der Waals surface area (Å²) >= 11 is 1.66. The molecule has 2 saturated carbocycles. The first-order valence-corrected chi connectivity index (χ1v) is 8.95. The monoisotopic (exact) mass is 379 g/mol. The molecule has 0 saturated heterocycles. The first-order chi connectivity index (χ1) is 10.1. The summed E-state index contributed by atoms with van der Waals surface area (Å²) in [7, 11) is 0. The van der Waals surface area contributed by atoms with Gasteiger partial charge in [0.2, 0.25) is 5.91 Å². The molecule has 2 aliphatic rings.